The van der Waals surface area contributed by atoms with Crippen molar-refractivity contribution in [2.45, 2.75) is 25.5 Å². The van der Waals surface area contributed by atoms with Crippen LogP contribution in [-0.4, -0.2) is 55.2 Å². The number of benzene rings is 1. The fraction of sp³-hybridized carbons (Fsp3) is 0.632. The van der Waals surface area contributed by atoms with Gasteiger partial charge in [-0.15, -0.1) is 11.8 Å². The molecule has 4 nitrogen and oxygen atoms in total. The van der Waals surface area contributed by atoms with E-state index in [0.29, 0.717) is 23.9 Å². The fourth-order valence-corrected chi connectivity index (χ4v) is 4.03. The monoisotopic (exact) mass is 383 g/mol. The molecule has 0 saturated carbocycles. The molecule has 1 unspecified atom stereocenters. The molecule has 140 valence electrons. The lowest BCUT2D eigenvalue weighted by atomic mass is 10.0. The number of carbonyl (C=O) groups excluding carboxylic acids is 1. The van der Waals surface area contributed by atoms with Gasteiger partial charge < -0.3 is 9.47 Å². The van der Waals surface area contributed by atoms with Gasteiger partial charge in [0, 0.05) is 42.3 Å². The Kier molecular flexibility index (Phi) is 9.17. The zero-order valence-electron chi connectivity index (χ0n) is 15.1. The summed E-state index contributed by atoms with van der Waals surface area (Å²) in [7, 11) is 0. The van der Waals surface area contributed by atoms with Crippen LogP contribution in [0.4, 0.5) is 0 Å². The van der Waals surface area contributed by atoms with Gasteiger partial charge >= 0.3 is 0 Å². The molecule has 1 aliphatic rings. The average molecular weight is 384 g/mol. The van der Waals surface area contributed by atoms with Crippen LogP contribution in [0.25, 0.3) is 0 Å². The summed E-state index contributed by atoms with van der Waals surface area (Å²) in [6.45, 7) is 9.10. The number of nitrogens with zero attached hydrogens (tertiary/aromatic N) is 1. The van der Waals surface area contributed by atoms with Crippen LogP contribution in [0.15, 0.2) is 24.3 Å². The van der Waals surface area contributed by atoms with Crippen LogP contribution < -0.4 is 4.74 Å². The minimum absolute atomic E-state index is 0.0748. The summed E-state index contributed by atoms with van der Waals surface area (Å²) in [6, 6.07) is 8.14. The quantitative estimate of drug-likeness (QED) is 0.493. The van der Waals surface area contributed by atoms with Crippen LogP contribution in [-0.2, 0) is 9.53 Å². The van der Waals surface area contributed by atoms with Crippen LogP contribution in [0.1, 0.15) is 31.1 Å². The fourth-order valence-electron chi connectivity index (χ4n) is 2.68. The molecule has 1 aromatic rings. The van der Waals surface area contributed by atoms with Crippen LogP contribution >= 0.6 is 24.4 Å². The number of thiol groups is 1. The number of ether oxygens (including phenoxy) is 2. The minimum Gasteiger partial charge on any atom is -0.492 e. The molecule has 6 heteroatoms. The molecule has 1 atom stereocenters. The summed E-state index contributed by atoms with van der Waals surface area (Å²) in [5.74, 6) is 1.25. The van der Waals surface area contributed by atoms with Crippen LogP contribution in [0, 0.1) is 5.92 Å². The number of Topliss-reactive ketones (excluding diaryl/α,β-unsaturated/α-hetero) is 1. The van der Waals surface area contributed by atoms with Gasteiger partial charge in [0.25, 0.3) is 0 Å². The molecule has 1 aliphatic heterocycles. The van der Waals surface area contributed by atoms with E-state index in [0.717, 1.165) is 44.2 Å². The highest BCUT2D eigenvalue weighted by Crippen LogP contribution is 2.34. The van der Waals surface area contributed by atoms with Gasteiger partial charge in [-0.05, 0) is 17.7 Å². The number of ketones is 1. The number of morpholine rings is 1. The molecular weight excluding hydrogens is 354 g/mol. The molecule has 25 heavy (non-hydrogen) atoms. The second kappa shape index (κ2) is 11.1. The zero-order valence-corrected chi connectivity index (χ0v) is 16.9. The van der Waals surface area contributed by atoms with E-state index in [1.807, 2.05) is 26.0 Å². The second-order valence-electron chi connectivity index (χ2n) is 6.48. The molecule has 0 aromatic heterocycles. The van der Waals surface area contributed by atoms with Gasteiger partial charge in [-0.3, -0.25) is 9.69 Å². The van der Waals surface area contributed by atoms with Gasteiger partial charge in [0.05, 0.1) is 13.2 Å². The lowest BCUT2D eigenvalue weighted by molar-refractivity contribution is -0.121. The molecule has 0 radical (unpaired) electrons. The SMILES string of the molecule is CC(C)C(=O)CC(SCS)c1ccc(OCCN2CCOCC2)cc1. The summed E-state index contributed by atoms with van der Waals surface area (Å²) >= 11 is 6.02. The largest absolute Gasteiger partial charge is 0.492 e. The highest BCUT2D eigenvalue weighted by atomic mass is 32.2. The molecule has 2 rings (SSSR count). The van der Waals surface area contributed by atoms with Crippen molar-refractivity contribution in [2.24, 2.45) is 5.92 Å². The Morgan fingerprint density at radius 2 is 1.96 bits per heavy atom. The predicted octanol–water partition coefficient (Wildman–Crippen LogP) is 3.67. The van der Waals surface area contributed by atoms with E-state index in [-0.39, 0.29) is 11.2 Å². The summed E-state index contributed by atoms with van der Waals surface area (Å²) < 4.78 is 11.2. The Balaban J connectivity index is 1.84. The Labute approximate surface area is 161 Å². The van der Waals surface area contributed by atoms with Gasteiger partial charge in [-0.2, -0.15) is 12.6 Å². The highest BCUT2D eigenvalue weighted by molar-refractivity contribution is 8.09. The van der Waals surface area contributed by atoms with Crippen LogP contribution in [0.5, 0.6) is 5.75 Å². The molecular formula is C19H29NO3S2. The normalized spacial score (nSPS) is 16.8. The van der Waals surface area contributed by atoms with Crippen molar-refractivity contribution in [3.8, 4) is 5.75 Å². The summed E-state index contributed by atoms with van der Waals surface area (Å²) in [6.07, 6.45) is 0.556. The maximum Gasteiger partial charge on any atom is 0.136 e. The van der Waals surface area contributed by atoms with E-state index < -0.39 is 0 Å². The van der Waals surface area contributed by atoms with Gasteiger partial charge in [0.15, 0.2) is 0 Å². The van der Waals surface area contributed by atoms with E-state index in [4.69, 9.17) is 9.47 Å². The van der Waals surface area contributed by atoms with Gasteiger partial charge in [0.1, 0.15) is 18.1 Å². The molecule has 0 N–H and O–H groups in total. The van der Waals surface area contributed by atoms with Crippen molar-refractivity contribution in [3.05, 3.63) is 29.8 Å². The van der Waals surface area contributed by atoms with Crippen molar-refractivity contribution >= 4 is 30.2 Å². The highest BCUT2D eigenvalue weighted by Gasteiger charge is 2.18. The first-order chi connectivity index (χ1) is 12.1. The maximum absolute atomic E-state index is 12.1. The Hall–Kier alpha value is -0.690. The first kappa shape index (κ1) is 20.6. The molecule has 0 amide bonds. The lowest BCUT2D eigenvalue weighted by Crippen LogP contribution is -2.38. The third kappa shape index (κ3) is 7.21. The molecule has 0 spiro atoms. The molecule has 0 aliphatic carbocycles. The predicted molar refractivity (Wildman–Crippen MR) is 108 cm³/mol. The van der Waals surface area contributed by atoms with Crippen LogP contribution in [0.2, 0.25) is 0 Å². The topological polar surface area (TPSA) is 38.8 Å². The first-order valence-corrected chi connectivity index (χ1v) is 10.6. The summed E-state index contributed by atoms with van der Waals surface area (Å²) in [4.78, 5) is 14.4. The third-order valence-electron chi connectivity index (χ3n) is 4.34. The second-order valence-corrected chi connectivity index (χ2v) is 8.42. The minimum atomic E-state index is 0.0748. The number of hydrogen-bond donors (Lipinski definition) is 1. The van der Waals surface area contributed by atoms with E-state index >= 15 is 0 Å². The number of rotatable bonds is 10. The molecule has 1 saturated heterocycles. The Morgan fingerprint density at radius 3 is 2.56 bits per heavy atom. The van der Waals surface area contributed by atoms with Gasteiger partial charge in [0.2, 0.25) is 0 Å². The summed E-state index contributed by atoms with van der Waals surface area (Å²) in [5.41, 5.74) is 1.16. The lowest BCUT2D eigenvalue weighted by Gasteiger charge is -2.26. The van der Waals surface area contributed by atoms with Crippen molar-refractivity contribution in [2.75, 3.05) is 44.5 Å². The van der Waals surface area contributed by atoms with E-state index in [1.165, 1.54) is 0 Å². The smallest absolute Gasteiger partial charge is 0.136 e. The first-order valence-electron chi connectivity index (χ1n) is 8.88. The third-order valence-corrected chi connectivity index (χ3v) is 5.78. The number of carbonyl (C=O) groups is 1. The van der Waals surface area contributed by atoms with Crippen molar-refractivity contribution < 1.29 is 14.3 Å². The van der Waals surface area contributed by atoms with Crippen molar-refractivity contribution in [1.29, 1.82) is 0 Å². The summed E-state index contributed by atoms with van der Waals surface area (Å²) in [5, 5.41) is 0.864. The molecule has 1 heterocycles. The molecule has 1 aromatic carbocycles. The molecule has 0 bridgehead atoms. The van der Waals surface area contributed by atoms with E-state index in [1.54, 1.807) is 11.8 Å². The Bertz CT molecular complexity index is 516. The van der Waals surface area contributed by atoms with Gasteiger partial charge in [-0.1, -0.05) is 26.0 Å². The maximum atomic E-state index is 12.1. The Morgan fingerprint density at radius 1 is 1.28 bits per heavy atom. The standard InChI is InChI=1S/C19H29NO3S2/c1-15(2)18(21)13-19(25-14-24)16-3-5-17(6-4-16)23-12-9-20-7-10-22-11-8-20/h3-6,15,19,24H,7-14H2,1-2H3. The van der Waals surface area contributed by atoms with Crippen LogP contribution in [0.3, 0.4) is 0 Å². The zero-order chi connectivity index (χ0) is 18.1. The number of thioether (sulfide) groups is 1. The van der Waals surface area contributed by atoms with Gasteiger partial charge in [-0.25, -0.2) is 0 Å². The van der Waals surface area contributed by atoms with Crippen molar-refractivity contribution in [1.82, 2.24) is 4.90 Å². The van der Waals surface area contributed by atoms with E-state index in [2.05, 4.69) is 29.7 Å². The molecule has 1 fully saturated rings. The van der Waals surface area contributed by atoms with Crippen molar-refractivity contribution in [3.63, 3.8) is 0 Å². The van der Waals surface area contributed by atoms with E-state index in [9.17, 15) is 4.79 Å². The average Bonchev–Trinajstić information content (AvgIpc) is 2.63. The number of hydrogen-bond acceptors (Lipinski definition) is 6.